The lowest BCUT2D eigenvalue weighted by Crippen LogP contribution is -2.49. The topological polar surface area (TPSA) is 52.6 Å². The second kappa shape index (κ2) is 7.94. The van der Waals surface area contributed by atoms with Crippen molar-refractivity contribution in [3.63, 3.8) is 0 Å². The molecule has 2 aromatic rings. The number of nitrogens with zero attached hydrogens (tertiary/aromatic N) is 5. The molecule has 0 radical (unpaired) electrons. The molecule has 0 N–H and O–H groups in total. The van der Waals surface area contributed by atoms with E-state index in [1.807, 2.05) is 41.4 Å². The lowest BCUT2D eigenvalue weighted by atomic mass is 10.0. The van der Waals surface area contributed by atoms with Crippen LogP contribution >= 0.6 is 0 Å². The van der Waals surface area contributed by atoms with Crippen molar-refractivity contribution in [1.82, 2.24) is 14.9 Å². The van der Waals surface area contributed by atoms with Crippen LogP contribution in [0.4, 0.5) is 11.6 Å². The smallest absolute Gasteiger partial charge is 0.254 e. The van der Waals surface area contributed by atoms with E-state index in [1.165, 1.54) is 12.8 Å². The van der Waals surface area contributed by atoms with Crippen molar-refractivity contribution in [3.8, 4) is 0 Å². The van der Waals surface area contributed by atoms with E-state index in [0.717, 1.165) is 43.4 Å². The van der Waals surface area contributed by atoms with Gasteiger partial charge in [-0.1, -0.05) is 13.0 Å². The molecular formula is C21H27N5O. The first kappa shape index (κ1) is 17.8. The van der Waals surface area contributed by atoms with E-state index >= 15 is 0 Å². The lowest BCUT2D eigenvalue weighted by Gasteiger charge is -2.35. The second-order valence-corrected chi connectivity index (χ2v) is 7.56. The van der Waals surface area contributed by atoms with Crippen molar-refractivity contribution in [2.45, 2.75) is 19.8 Å². The predicted molar refractivity (Wildman–Crippen MR) is 107 cm³/mol. The highest BCUT2D eigenvalue weighted by atomic mass is 16.2. The fraction of sp³-hybridized carbons (Fsp3) is 0.476. The van der Waals surface area contributed by atoms with Crippen molar-refractivity contribution < 1.29 is 4.79 Å². The van der Waals surface area contributed by atoms with Crippen LogP contribution < -0.4 is 9.80 Å². The molecule has 142 valence electrons. The Hall–Kier alpha value is -2.63. The Morgan fingerprint density at radius 3 is 2.52 bits per heavy atom. The maximum absolute atomic E-state index is 13.0. The molecule has 0 aromatic carbocycles. The zero-order valence-corrected chi connectivity index (χ0v) is 15.9. The van der Waals surface area contributed by atoms with Gasteiger partial charge in [0.1, 0.15) is 11.6 Å². The third-order valence-electron chi connectivity index (χ3n) is 5.51. The predicted octanol–water partition coefficient (Wildman–Crippen LogP) is 2.68. The minimum absolute atomic E-state index is 0.101. The average molecular weight is 365 g/mol. The Morgan fingerprint density at radius 2 is 1.78 bits per heavy atom. The Labute approximate surface area is 160 Å². The minimum atomic E-state index is 0.101. The zero-order valence-electron chi connectivity index (χ0n) is 15.9. The van der Waals surface area contributed by atoms with E-state index in [2.05, 4.69) is 26.7 Å². The number of piperazine rings is 1. The summed E-state index contributed by atoms with van der Waals surface area (Å²) < 4.78 is 0. The summed E-state index contributed by atoms with van der Waals surface area (Å²) in [5.41, 5.74) is 0.740. The van der Waals surface area contributed by atoms with Crippen molar-refractivity contribution in [1.29, 1.82) is 0 Å². The molecular weight excluding hydrogens is 338 g/mol. The van der Waals surface area contributed by atoms with Crippen molar-refractivity contribution in [2.24, 2.45) is 5.92 Å². The van der Waals surface area contributed by atoms with Gasteiger partial charge in [-0.3, -0.25) is 4.79 Å². The van der Waals surface area contributed by atoms with Gasteiger partial charge in [0.2, 0.25) is 0 Å². The van der Waals surface area contributed by atoms with E-state index in [9.17, 15) is 4.79 Å². The summed E-state index contributed by atoms with van der Waals surface area (Å²) in [6.07, 6.45) is 6.05. The monoisotopic (exact) mass is 365 g/mol. The standard InChI is InChI=1S/C21H27N5O/c1-17-5-4-10-26(16-17)20-15-18(7-9-23-20)21(27)25-13-11-24(12-14-25)19-6-2-3-8-22-19/h2-3,6-9,15,17H,4-5,10-14,16H2,1H3. The highest BCUT2D eigenvalue weighted by molar-refractivity contribution is 5.95. The molecule has 0 saturated carbocycles. The molecule has 2 saturated heterocycles. The minimum Gasteiger partial charge on any atom is -0.356 e. The SMILES string of the molecule is CC1CCCN(c2cc(C(=O)N3CCN(c4ccccn4)CC3)ccn2)C1. The summed E-state index contributed by atoms with van der Waals surface area (Å²) in [7, 11) is 0. The van der Waals surface area contributed by atoms with Crippen LogP contribution in [0.5, 0.6) is 0 Å². The van der Waals surface area contributed by atoms with Crippen LogP contribution in [0.3, 0.4) is 0 Å². The molecule has 6 nitrogen and oxygen atoms in total. The Kier molecular flexibility index (Phi) is 5.23. The molecule has 4 heterocycles. The average Bonchev–Trinajstić information content (AvgIpc) is 2.74. The van der Waals surface area contributed by atoms with Gasteiger partial charge in [0.05, 0.1) is 0 Å². The third kappa shape index (κ3) is 4.04. The fourth-order valence-corrected chi connectivity index (χ4v) is 3.98. The van der Waals surface area contributed by atoms with Gasteiger partial charge in [-0.25, -0.2) is 9.97 Å². The first-order valence-corrected chi connectivity index (χ1v) is 9.87. The van der Waals surface area contributed by atoms with Crippen molar-refractivity contribution in [2.75, 3.05) is 49.1 Å². The number of piperidine rings is 1. The van der Waals surface area contributed by atoms with E-state index in [1.54, 1.807) is 6.20 Å². The summed E-state index contributed by atoms with van der Waals surface area (Å²) in [4.78, 5) is 28.4. The molecule has 6 heteroatoms. The molecule has 1 unspecified atom stereocenters. The maximum Gasteiger partial charge on any atom is 0.254 e. The van der Waals surface area contributed by atoms with Gasteiger partial charge in [0.15, 0.2) is 0 Å². The first-order valence-electron chi connectivity index (χ1n) is 9.87. The highest BCUT2D eigenvalue weighted by Crippen LogP contribution is 2.22. The van der Waals surface area contributed by atoms with Gasteiger partial charge >= 0.3 is 0 Å². The number of rotatable bonds is 3. The number of hydrogen-bond donors (Lipinski definition) is 0. The van der Waals surface area contributed by atoms with Gasteiger partial charge in [-0.05, 0) is 43.0 Å². The summed E-state index contributed by atoms with van der Waals surface area (Å²) in [5.74, 6) is 2.69. The molecule has 0 bridgehead atoms. The van der Waals surface area contributed by atoms with Crippen LogP contribution in [0.2, 0.25) is 0 Å². The van der Waals surface area contributed by atoms with Crippen molar-refractivity contribution >= 4 is 17.5 Å². The summed E-state index contributed by atoms with van der Waals surface area (Å²) in [6, 6.07) is 9.75. The summed E-state index contributed by atoms with van der Waals surface area (Å²) in [5, 5.41) is 0. The number of anilines is 2. The van der Waals surface area contributed by atoms with Gasteiger partial charge in [0, 0.05) is 57.2 Å². The molecule has 0 aliphatic carbocycles. The molecule has 1 amide bonds. The van der Waals surface area contributed by atoms with Crippen LogP contribution in [-0.2, 0) is 0 Å². The van der Waals surface area contributed by atoms with Crippen LogP contribution in [-0.4, -0.2) is 60.0 Å². The quantitative estimate of drug-likeness (QED) is 0.837. The molecule has 2 aromatic heterocycles. The van der Waals surface area contributed by atoms with Gasteiger partial charge in [0.25, 0.3) is 5.91 Å². The Morgan fingerprint density at radius 1 is 0.963 bits per heavy atom. The van der Waals surface area contributed by atoms with Crippen LogP contribution in [0.25, 0.3) is 0 Å². The van der Waals surface area contributed by atoms with Crippen molar-refractivity contribution in [3.05, 3.63) is 48.3 Å². The Bertz CT molecular complexity index is 773. The maximum atomic E-state index is 13.0. The molecule has 4 rings (SSSR count). The van der Waals surface area contributed by atoms with Gasteiger partial charge < -0.3 is 14.7 Å². The lowest BCUT2D eigenvalue weighted by molar-refractivity contribution is 0.0746. The first-order chi connectivity index (χ1) is 13.2. The number of carbonyl (C=O) groups is 1. The third-order valence-corrected chi connectivity index (χ3v) is 5.51. The van der Waals surface area contributed by atoms with E-state index < -0.39 is 0 Å². The van der Waals surface area contributed by atoms with Crippen LogP contribution in [0, 0.1) is 5.92 Å². The molecule has 2 fully saturated rings. The molecule has 0 spiro atoms. The Balaban J connectivity index is 1.41. The number of hydrogen-bond acceptors (Lipinski definition) is 5. The van der Waals surface area contributed by atoms with E-state index in [0.29, 0.717) is 19.0 Å². The largest absolute Gasteiger partial charge is 0.356 e. The second-order valence-electron chi connectivity index (χ2n) is 7.56. The number of aromatic nitrogens is 2. The van der Waals surface area contributed by atoms with Crippen LogP contribution in [0.15, 0.2) is 42.7 Å². The molecule has 27 heavy (non-hydrogen) atoms. The normalized spacial score (nSPS) is 20.6. The number of amides is 1. The zero-order chi connectivity index (χ0) is 18.6. The fourth-order valence-electron chi connectivity index (χ4n) is 3.98. The highest BCUT2D eigenvalue weighted by Gasteiger charge is 2.24. The summed E-state index contributed by atoms with van der Waals surface area (Å²) >= 11 is 0. The van der Waals surface area contributed by atoms with Crippen LogP contribution in [0.1, 0.15) is 30.1 Å². The molecule has 1 atom stereocenters. The van der Waals surface area contributed by atoms with E-state index in [-0.39, 0.29) is 5.91 Å². The van der Waals surface area contributed by atoms with Gasteiger partial charge in [-0.15, -0.1) is 0 Å². The molecule has 2 aliphatic heterocycles. The number of carbonyl (C=O) groups excluding carboxylic acids is 1. The number of pyridine rings is 2. The van der Waals surface area contributed by atoms with E-state index in [4.69, 9.17) is 0 Å². The molecule has 2 aliphatic rings. The van der Waals surface area contributed by atoms with Gasteiger partial charge in [-0.2, -0.15) is 0 Å². The summed E-state index contributed by atoms with van der Waals surface area (Å²) in [6.45, 7) is 7.38.